The summed E-state index contributed by atoms with van der Waals surface area (Å²) in [5.74, 6) is 0.585. The molecule has 2 N–H and O–H groups in total. The van der Waals surface area contributed by atoms with E-state index in [1.165, 1.54) is 12.1 Å². The van der Waals surface area contributed by atoms with Crippen molar-refractivity contribution in [2.24, 2.45) is 0 Å². The van der Waals surface area contributed by atoms with Crippen LogP contribution < -0.4 is 10.5 Å². The first-order valence-corrected chi connectivity index (χ1v) is 6.93. The first-order chi connectivity index (χ1) is 10.2. The summed E-state index contributed by atoms with van der Waals surface area (Å²) in [4.78, 5) is 0. The normalized spacial score (nSPS) is 11.0. The molecule has 0 aliphatic heterocycles. The van der Waals surface area contributed by atoms with Gasteiger partial charge >= 0.3 is 0 Å². The largest absolute Gasteiger partial charge is 0.494 e. The van der Waals surface area contributed by atoms with Crippen LogP contribution in [-0.4, -0.2) is 11.2 Å². The number of nitrogen functional groups attached to an aromatic ring is 1. The molecule has 2 aromatic carbocycles. The van der Waals surface area contributed by atoms with Crippen LogP contribution in [0.25, 0.3) is 10.9 Å². The molecule has 0 saturated heterocycles. The van der Waals surface area contributed by atoms with Crippen LogP contribution in [0.4, 0.5) is 10.1 Å². The quantitative estimate of drug-likeness (QED) is 0.740. The molecule has 0 bridgehead atoms. The van der Waals surface area contributed by atoms with Crippen LogP contribution in [0.2, 0.25) is 0 Å². The number of fused-ring (bicyclic) bond motifs is 1. The van der Waals surface area contributed by atoms with E-state index in [4.69, 9.17) is 10.5 Å². The van der Waals surface area contributed by atoms with Crippen molar-refractivity contribution in [2.75, 3.05) is 12.3 Å². The van der Waals surface area contributed by atoms with Gasteiger partial charge in [-0.3, -0.25) is 0 Å². The number of hydrogen-bond donors (Lipinski definition) is 1. The van der Waals surface area contributed by atoms with E-state index in [0.717, 1.165) is 22.2 Å². The summed E-state index contributed by atoms with van der Waals surface area (Å²) in [6.07, 6.45) is 1.98. The second kappa shape index (κ2) is 5.48. The van der Waals surface area contributed by atoms with Gasteiger partial charge in [-0.2, -0.15) is 0 Å². The average molecular weight is 284 g/mol. The van der Waals surface area contributed by atoms with Gasteiger partial charge in [0.25, 0.3) is 0 Å². The number of hydrogen-bond acceptors (Lipinski definition) is 2. The van der Waals surface area contributed by atoms with Gasteiger partial charge in [-0.15, -0.1) is 0 Å². The Bertz CT molecular complexity index is 780. The van der Waals surface area contributed by atoms with E-state index in [9.17, 15) is 4.39 Å². The third-order valence-corrected chi connectivity index (χ3v) is 3.50. The van der Waals surface area contributed by atoms with E-state index in [1.807, 2.05) is 37.4 Å². The Morgan fingerprint density at radius 3 is 2.81 bits per heavy atom. The van der Waals surface area contributed by atoms with Gasteiger partial charge in [-0.1, -0.05) is 0 Å². The first kappa shape index (κ1) is 13.5. The average Bonchev–Trinajstić information content (AvgIpc) is 2.86. The van der Waals surface area contributed by atoms with Crippen LogP contribution in [0.5, 0.6) is 5.75 Å². The van der Waals surface area contributed by atoms with E-state index in [0.29, 0.717) is 18.8 Å². The summed E-state index contributed by atoms with van der Waals surface area (Å²) in [6.45, 7) is 3.15. The maximum absolute atomic E-state index is 13.3. The Kier molecular flexibility index (Phi) is 3.52. The lowest BCUT2D eigenvalue weighted by atomic mass is 10.1. The molecule has 1 heterocycles. The molecule has 4 heteroatoms. The van der Waals surface area contributed by atoms with Gasteiger partial charge in [0.05, 0.1) is 6.61 Å². The highest BCUT2D eigenvalue weighted by molar-refractivity contribution is 5.81. The number of rotatable bonds is 4. The van der Waals surface area contributed by atoms with Crippen molar-refractivity contribution in [2.45, 2.75) is 13.5 Å². The van der Waals surface area contributed by atoms with Crippen LogP contribution in [0.15, 0.2) is 48.7 Å². The number of ether oxygens (including phenoxy) is 1. The Labute approximate surface area is 122 Å². The van der Waals surface area contributed by atoms with Gasteiger partial charge < -0.3 is 15.0 Å². The number of nitrogens with zero attached hydrogens (tertiary/aromatic N) is 1. The number of halogens is 1. The van der Waals surface area contributed by atoms with Crippen LogP contribution in [0.1, 0.15) is 12.5 Å². The SMILES string of the molecule is CCOc1ccc2c(ccn2Cc2cc(F)ccc2N)c1. The molecule has 0 aliphatic carbocycles. The van der Waals surface area contributed by atoms with E-state index in [1.54, 1.807) is 6.07 Å². The van der Waals surface area contributed by atoms with E-state index in [-0.39, 0.29) is 5.82 Å². The van der Waals surface area contributed by atoms with Gasteiger partial charge in [0.2, 0.25) is 0 Å². The van der Waals surface area contributed by atoms with Crippen LogP contribution >= 0.6 is 0 Å². The van der Waals surface area contributed by atoms with Crippen molar-refractivity contribution in [1.29, 1.82) is 0 Å². The summed E-state index contributed by atoms with van der Waals surface area (Å²) in [6, 6.07) is 12.4. The Hall–Kier alpha value is -2.49. The smallest absolute Gasteiger partial charge is 0.123 e. The predicted octanol–water partition coefficient (Wildman–Crippen LogP) is 3.81. The fourth-order valence-electron chi connectivity index (χ4n) is 2.47. The Morgan fingerprint density at radius 2 is 2.00 bits per heavy atom. The summed E-state index contributed by atoms with van der Waals surface area (Å²) < 4.78 is 20.9. The molecule has 3 nitrogen and oxygen atoms in total. The Morgan fingerprint density at radius 1 is 1.14 bits per heavy atom. The van der Waals surface area contributed by atoms with Crippen molar-refractivity contribution >= 4 is 16.6 Å². The van der Waals surface area contributed by atoms with Crippen molar-refractivity contribution in [3.8, 4) is 5.75 Å². The highest BCUT2D eigenvalue weighted by atomic mass is 19.1. The summed E-state index contributed by atoms with van der Waals surface area (Å²) >= 11 is 0. The molecule has 0 atom stereocenters. The zero-order valence-corrected chi connectivity index (χ0v) is 11.8. The number of benzene rings is 2. The lowest BCUT2D eigenvalue weighted by Crippen LogP contribution is -2.02. The number of nitrogens with two attached hydrogens (primary N) is 1. The molecule has 3 rings (SSSR count). The summed E-state index contributed by atoms with van der Waals surface area (Å²) in [5, 5.41) is 1.09. The molecule has 0 radical (unpaired) electrons. The number of aromatic nitrogens is 1. The lowest BCUT2D eigenvalue weighted by Gasteiger charge is -2.09. The third-order valence-electron chi connectivity index (χ3n) is 3.50. The van der Waals surface area contributed by atoms with Crippen LogP contribution in [0.3, 0.4) is 0 Å². The number of anilines is 1. The molecule has 0 spiro atoms. The molecule has 0 amide bonds. The second-order valence-electron chi connectivity index (χ2n) is 4.94. The maximum Gasteiger partial charge on any atom is 0.123 e. The van der Waals surface area contributed by atoms with Crippen molar-refractivity contribution in [1.82, 2.24) is 4.57 Å². The molecular weight excluding hydrogens is 267 g/mol. The molecule has 0 fully saturated rings. The minimum Gasteiger partial charge on any atom is -0.494 e. The standard InChI is InChI=1S/C17H17FN2O/c1-2-21-15-4-6-17-12(10-15)7-8-20(17)11-13-9-14(18)3-5-16(13)19/h3-10H,2,11,19H2,1H3. The first-order valence-electron chi connectivity index (χ1n) is 6.93. The minimum atomic E-state index is -0.269. The van der Waals surface area contributed by atoms with E-state index < -0.39 is 0 Å². The van der Waals surface area contributed by atoms with E-state index >= 15 is 0 Å². The van der Waals surface area contributed by atoms with E-state index in [2.05, 4.69) is 4.57 Å². The van der Waals surface area contributed by atoms with Gasteiger partial charge in [0.15, 0.2) is 0 Å². The zero-order valence-electron chi connectivity index (χ0n) is 11.8. The molecule has 0 saturated carbocycles. The molecule has 3 aromatic rings. The minimum absolute atomic E-state index is 0.269. The highest BCUT2D eigenvalue weighted by Gasteiger charge is 2.06. The van der Waals surface area contributed by atoms with Gasteiger partial charge in [-0.25, -0.2) is 4.39 Å². The monoisotopic (exact) mass is 284 g/mol. The third kappa shape index (κ3) is 2.70. The zero-order chi connectivity index (χ0) is 14.8. The van der Waals surface area contributed by atoms with Crippen molar-refractivity contribution in [3.63, 3.8) is 0 Å². The van der Waals surface area contributed by atoms with Crippen LogP contribution in [-0.2, 0) is 6.54 Å². The fraction of sp³-hybridized carbons (Fsp3) is 0.176. The second-order valence-corrected chi connectivity index (χ2v) is 4.94. The Balaban J connectivity index is 1.96. The molecule has 0 aliphatic rings. The van der Waals surface area contributed by atoms with Crippen LogP contribution in [0, 0.1) is 5.82 Å². The lowest BCUT2D eigenvalue weighted by molar-refractivity contribution is 0.340. The highest BCUT2D eigenvalue weighted by Crippen LogP contribution is 2.24. The molecule has 1 aromatic heterocycles. The summed E-state index contributed by atoms with van der Waals surface area (Å²) in [5.41, 5.74) is 8.37. The maximum atomic E-state index is 13.3. The predicted molar refractivity (Wildman–Crippen MR) is 83.0 cm³/mol. The fourth-order valence-corrected chi connectivity index (χ4v) is 2.47. The molecule has 21 heavy (non-hydrogen) atoms. The van der Waals surface area contributed by atoms with Gasteiger partial charge in [0.1, 0.15) is 11.6 Å². The molecule has 0 unspecified atom stereocenters. The van der Waals surface area contributed by atoms with Gasteiger partial charge in [-0.05, 0) is 55.0 Å². The summed E-state index contributed by atoms with van der Waals surface area (Å²) in [7, 11) is 0. The topological polar surface area (TPSA) is 40.2 Å². The molecule has 108 valence electrons. The molecular formula is C17H17FN2O. The van der Waals surface area contributed by atoms with Crippen molar-refractivity contribution in [3.05, 3.63) is 60.0 Å². The van der Waals surface area contributed by atoms with Gasteiger partial charge in [0, 0.05) is 29.3 Å². The van der Waals surface area contributed by atoms with Crippen molar-refractivity contribution < 1.29 is 9.13 Å².